The molecule has 1 atom stereocenters. The molecule has 0 unspecified atom stereocenters. The standard InChI is InChI=1S/C12H21NS/c1-4-6-12-11(7-8-14-12)10(3)9-13-5-2/h7-8,10,13H,4-6,9H2,1-3H3/t10-/m0/s1. The summed E-state index contributed by atoms with van der Waals surface area (Å²) in [5.74, 6) is 0.655. The van der Waals surface area contributed by atoms with Gasteiger partial charge < -0.3 is 5.32 Å². The first-order valence-corrected chi connectivity index (χ1v) is 6.44. The van der Waals surface area contributed by atoms with E-state index < -0.39 is 0 Å². The molecule has 0 amide bonds. The van der Waals surface area contributed by atoms with Gasteiger partial charge in [0.25, 0.3) is 0 Å². The Labute approximate surface area is 91.5 Å². The third-order valence-corrected chi connectivity index (χ3v) is 3.48. The fourth-order valence-electron chi connectivity index (χ4n) is 1.69. The van der Waals surface area contributed by atoms with Crippen LogP contribution in [0.25, 0.3) is 0 Å². The van der Waals surface area contributed by atoms with E-state index in [4.69, 9.17) is 0 Å². The lowest BCUT2D eigenvalue weighted by Crippen LogP contribution is -2.19. The molecule has 80 valence electrons. The molecule has 0 spiro atoms. The molecule has 1 heterocycles. The third-order valence-electron chi connectivity index (χ3n) is 2.49. The molecule has 0 aromatic carbocycles. The Bertz CT molecular complexity index is 255. The molecular weight excluding hydrogens is 190 g/mol. The molecule has 0 aliphatic carbocycles. The molecule has 1 nitrogen and oxygen atoms in total. The summed E-state index contributed by atoms with van der Waals surface area (Å²) in [6.07, 6.45) is 2.49. The maximum absolute atomic E-state index is 3.41. The first-order chi connectivity index (χ1) is 6.79. The van der Waals surface area contributed by atoms with E-state index in [1.807, 2.05) is 11.3 Å². The predicted octanol–water partition coefficient (Wildman–Crippen LogP) is 3.41. The molecular formula is C12H21NS. The molecule has 14 heavy (non-hydrogen) atoms. The average molecular weight is 211 g/mol. The van der Waals surface area contributed by atoms with Crippen molar-refractivity contribution < 1.29 is 0 Å². The quantitative estimate of drug-likeness (QED) is 0.760. The monoisotopic (exact) mass is 211 g/mol. The van der Waals surface area contributed by atoms with Crippen molar-refractivity contribution in [2.45, 2.75) is 39.5 Å². The second kappa shape index (κ2) is 6.20. The van der Waals surface area contributed by atoms with E-state index in [0.29, 0.717) is 5.92 Å². The highest BCUT2D eigenvalue weighted by molar-refractivity contribution is 7.10. The van der Waals surface area contributed by atoms with Crippen molar-refractivity contribution in [1.29, 1.82) is 0 Å². The number of thiophene rings is 1. The molecule has 1 N–H and O–H groups in total. The Balaban J connectivity index is 2.58. The van der Waals surface area contributed by atoms with Crippen molar-refractivity contribution in [2.75, 3.05) is 13.1 Å². The third kappa shape index (κ3) is 3.10. The van der Waals surface area contributed by atoms with Crippen molar-refractivity contribution in [3.63, 3.8) is 0 Å². The molecule has 0 bridgehead atoms. The van der Waals surface area contributed by atoms with Gasteiger partial charge in [0.05, 0.1) is 0 Å². The van der Waals surface area contributed by atoms with E-state index in [9.17, 15) is 0 Å². The van der Waals surface area contributed by atoms with E-state index in [0.717, 1.165) is 13.1 Å². The highest BCUT2D eigenvalue weighted by atomic mass is 32.1. The lowest BCUT2D eigenvalue weighted by Gasteiger charge is -2.12. The summed E-state index contributed by atoms with van der Waals surface area (Å²) in [5, 5.41) is 5.64. The summed E-state index contributed by atoms with van der Waals surface area (Å²) in [6, 6.07) is 2.29. The fourth-order valence-corrected chi connectivity index (χ4v) is 2.80. The van der Waals surface area contributed by atoms with Crippen LogP contribution in [0, 0.1) is 0 Å². The summed E-state index contributed by atoms with van der Waals surface area (Å²) >= 11 is 1.91. The van der Waals surface area contributed by atoms with Crippen molar-refractivity contribution in [1.82, 2.24) is 5.32 Å². The summed E-state index contributed by atoms with van der Waals surface area (Å²) in [6.45, 7) is 8.89. The van der Waals surface area contributed by atoms with Gasteiger partial charge in [-0.05, 0) is 35.9 Å². The van der Waals surface area contributed by atoms with Crippen LogP contribution >= 0.6 is 11.3 Å². The number of nitrogens with one attached hydrogen (secondary N) is 1. The molecule has 0 fully saturated rings. The number of hydrogen-bond acceptors (Lipinski definition) is 2. The van der Waals surface area contributed by atoms with Gasteiger partial charge >= 0.3 is 0 Å². The smallest absolute Gasteiger partial charge is 0.00803 e. The molecule has 0 aliphatic rings. The van der Waals surface area contributed by atoms with Gasteiger partial charge in [-0.2, -0.15) is 0 Å². The molecule has 0 radical (unpaired) electrons. The highest BCUT2D eigenvalue weighted by Gasteiger charge is 2.10. The molecule has 1 rings (SSSR count). The van der Waals surface area contributed by atoms with Crippen LogP contribution in [0.5, 0.6) is 0 Å². The number of likely N-dealkylation sites (N-methyl/N-ethyl adjacent to an activating group) is 1. The maximum atomic E-state index is 3.41. The van der Waals surface area contributed by atoms with Crippen LogP contribution in [0.15, 0.2) is 11.4 Å². The van der Waals surface area contributed by atoms with Crippen LogP contribution in [0.4, 0.5) is 0 Å². The van der Waals surface area contributed by atoms with Gasteiger partial charge in [-0.1, -0.05) is 27.2 Å². The van der Waals surface area contributed by atoms with Gasteiger partial charge in [0, 0.05) is 11.4 Å². The minimum atomic E-state index is 0.655. The minimum absolute atomic E-state index is 0.655. The van der Waals surface area contributed by atoms with Crippen LogP contribution in [0.3, 0.4) is 0 Å². The largest absolute Gasteiger partial charge is 0.316 e. The van der Waals surface area contributed by atoms with Crippen LogP contribution in [-0.4, -0.2) is 13.1 Å². The SMILES string of the molecule is CCCc1sccc1[C@@H](C)CNCC. The van der Waals surface area contributed by atoms with Gasteiger partial charge in [-0.15, -0.1) is 11.3 Å². The van der Waals surface area contributed by atoms with Crippen molar-refractivity contribution in [3.05, 3.63) is 21.9 Å². The summed E-state index contributed by atoms with van der Waals surface area (Å²) < 4.78 is 0. The van der Waals surface area contributed by atoms with E-state index in [2.05, 4.69) is 37.5 Å². The first kappa shape index (κ1) is 11.7. The van der Waals surface area contributed by atoms with Crippen LogP contribution in [0.1, 0.15) is 43.6 Å². The van der Waals surface area contributed by atoms with Gasteiger partial charge in [-0.3, -0.25) is 0 Å². The Morgan fingerprint density at radius 3 is 2.86 bits per heavy atom. The maximum Gasteiger partial charge on any atom is 0.00803 e. The van der Waals surface area contributed by atoms with Gasteiger partial charge in [-0.25, -0.2) is 0 Å². The second-order valence-corrected chi connectivity index (χ2v) is 4.76. The molecule has 0 aliphatic heterocycles. The summed E-state index contributed by atoms with van der Waals surface area (Å²) in [4.78, 5) is 1.58. The van der Waals surface area contributed by atoms with Gasteiger partial charge in [0.2, 0.25) is 0 Å². The number of hydrogen-bond donors (Lipinski definition) is 1. The number of rotatable bonds is 6. The Hall–Kier alpha value is -0.340. The topological polar surface area (TPSA) is 12.0 Å². The lowest BCUT2D eigenvalue weighted by molar-refractivity contribution is 0.632. The Morgan fingerprint density at radius 2 is 2.21 bits per heavy atom. The second-order valence-electron chi connectivity index (χ2n) is 3.76. The van der Waals surface area contributed by atoms with Gasteiger partial charge in [0.15, 0.2) is 0 Å². The first-order valence-electron chi connectivity index (χ1n) is 5.56. The van der Waals surface area contributed by atoms with Gasteiger partial charge in [0.1, 0.15) is 0 Å². The predicted molar refractivity (Wildman–Crippen MR) is 65.3 cm³/mol. The number of aryl methyl sites for hydroxylation is 1. The minimum Gasteiger partial charge on any atom is -0.316 e. The van der Waals surface area contributed by atoms with Crippen LogP contribution in [0.2, 0.25) is 0 Å². The van der Waals surface area contributed by atoms with E-state index in [1.54, 1.807) is 10.4 Å². The van der Waals surface area contributed by atoms with Crippen LogP contribution in [-0.2, 0) is 6.42 Å². The summed E-state index contributed by atoms with van der Waals surface area (Å²) in [7, 11) is 0. The lowest BCUT2D eigenvalue weighted by atomic mass is 10.0. The molecule has 2 heteroatoms. The van der Waals surface area contributed by atoms with E-state index in [-0.39, 0.29) is 0 Å². The Kier molecular flexibility index (Phi) is 5.20. The van der Waals surface area contributed by atoms with E-state index >= 15 is 0 Å². The fraction of sp³-hybridized carbons (Fsp3) is 0.667. The molecule has 0 saturated carbocycles. The molecule has 1 aromatic rings. The zero-order chi connectivity index (χ0) is 10.4. The van der Waals surface area contributed by atoms with Crippen molar-refractivity contribution >= 4 is 11.3 Å². The Morgan fingerprint density at radius 1 is 1.43 bits per heavy atom. The van der Waals surface area contributed by atoms with Crippen LogP contribution < -0.4 is 5.32 Å². The molecule has 0 saturated heterocycles. The highest BCUT2D eigenvalue weighted by Crippen LogP contribution is 2.25. The zero-order valence-corrected chi connectivity index (χ0v) is 10.3. The molecule has 1 aromatic heterocycles. The summed E-state index contributed by atoms with van der Waals surface area (Å²) in [5.41, 5.74) is 1.55. The zero-order valence-electron chi connectivity index (χ0n) is 9.47. The van der Waals surface area contributed by atoms with Crippen molar-refractivity contribution in [3.8, 4) is 0 Å². The van der Waals surface area contributed by atoms with E-state index in [1.165, 1.54) is 12.8 Å². The normalized spacial score (nSPS) is 13.1. The average Bonchev–Trinajstić information content (AvgIpc) is 2.63. The van der Waals surface area contributed by atoms with Crippen molar-refractivity contribution in [2.24, 2.45) is 0 Å².